The molecular formula is C23H24ClN5O3S. The average molecular weight is 486 g/mol. The molecule has 1 fully saturated rings. The molecule has 172 valence electrons. The van der Waals surface area contributed by atoms with Crippen LogP contribution in [0.2, 0.25) is 4.34 Å². The van der Waals surface area contributed by atoms with Crippen LogP contribution in [0.15, 0.2) is 42.7 Å². The largest absolute Gasteiger partial charge is 0.383 e. The van der Waals surface area contributed by atoms with Gasteiger partial charge in [0.05, 0.1) is 16.4 Å². The van der Waals surface area contributed by atoms with E-state index in [0.29, 0.717) is 36.4 Å². The summed E-state index contributed by atoms with van der Waals surface area (Å²) in [4.78, 5) is 38.4. The maximum atomic E-state index is 12.9. The number of nitrogens with two attached hydrogens (primary N) is 1. The number of carbonyl (C=O) groups is 2. The normalized spacial score (nSPS) is 16.1. The number of piperazine rings is 1. The zero-order valence-electron chi connectivity index (χ0n) is 18.1. The predicted octanol–water partition coefficient (Wildman–Crippen LogP) is 3.22. The molecule has 8 nitrogen and oxygen atoms in total. The van der Waals surface area contributed by atoms with Crippen LogP contribution in [0.3, 0.4) is 0 Å². The lowest BCUT2D eigenvalue weighted by atomic mass is 10.1. The molecule has 0 bridgehead atoms. The molecule has 1 saturated heterocycles. The topological polar surface area (TPSA) is 102 Å². The molecule has 2 N–H and O–H groups in total. The minimum Gasteiger partial charge on any atom is -0.383 e. The van der Waals surface area contributed by atoms with E-state index in [1.165, 1.54) is 23.7 Å². The Labute approximate surface area is 200 Å². The van der Waals surface area contributed by atoms with E-state index in [1.54, 1.807) is 21.9 Å². The van der Waals surface area contributed by atoms with Gasteiger partial charge in [-0.1, -0.05) is 17.7 Å². The summed E-state index contributed by atoms with van der Waals surface area (Å²) < 4.78 is 6.36. The van der Waals surface area contributed by atoms with Gasteiger partial charge in [0.2, 0.25) is 5.91 Å². The Morgan fingerprint density at radius 1 is 1.30 bits per heavy atom. The minimum absolute atomic E-state index is 0.0601. The maximum Gasteiger partial charge on any atom is 0.237 e. The number of benzene rings is 1. The molecule has 0 aliphatic carbocycles. The highest BCUT2D eigenvalue weighted by atomic mass is 35.5. The Bertz CT molecular complexity index is 1200. The predicted molar refractivity (Wildman–Crippen MR) is 130 cm³/mol. The number of amides is 1. The molecule has 1 aliphatic heterocycles. The van der Waals surface area contributed by atoms with E-state index in [1.807, 2.05) is 31.2 Å². The molecule has 3 heterocycles. The van der Waals surface area contributed by atoms with Crippen molar-refractivity contribution in [2.45, 2.75) is 19.7 Å². The van der Waals surface area contributed by atoms with E-state index in [4.69, 9.17) is 22.1 Å². The van der Waals surface area contributed by atoms with Crippen molar-refractivity contribution in [3.05, 3.63) is 57.5 Å². The zero-order chi connectivity index (χ0) is 23.4. The van der Waals surface area contributed by atoms with Gasteiger partial charge >= 0.3 is 0 Å². The first-order chi connectivity index (χ1) is 15.9. The van der Waals surface area contributed by atoms with Crippen molar-refractivity contribution >= 4 is 57.4 Å². The van der Waals surface area contributed by atoms with Crippen molar-refractivity contribution in [1.29, 1.82) is 0 Å². The van der Waals surface area contributed by atoms with Gasteiger partial charge in [-0.2, -0.15) is 0 Å². The first-order valence-electron chi connectivity index (χ1n) is 10.5. The van der Waals surface area contributed by atoms with E-state index < -0.39 is 6.23 Å². The molecule has 10 heteroatoms. The summed E-state index contributed by atoms with van der Waals surface area (Å²) in [5, 5.41) is 0.785. The molecule has 1 atom stereocenters. The van der Waals surface area contributed by atoms with Crippen LogP contribution in [0.4, 0.5) is 5.82 Å². The Hall–Kier alpha value is -2.85. The van der Waals surface area contributed by atoms with Crippen LogP contribution in [-0.2, 0) is 20.9 Å². The lowest BCUT2D eigenvalue weighted by Gasteiger charge is -2.37. The van der Waals surface area contributed by atoms with Crippen LogP contribution in [-0.4, -0.2) is 63.9 Å². The Kier molecular flexibility index (Phi) is 7.34. The molecule has 2 aromatic heterocycles. The molecule has 3 aromatic rings. The number of nitrogen functional groups attached to an aromatic ring is 1. The minimum atomic E-state index is -0.798. The van der Waals surface area contributed by atoms with Crippen molar-refractivity contribution in [3.63, 3.8) is 0 Å². The fourth-order valence-electron chi connectivity index (χ4n) is 3.73. The highest BCUT2D eigenvalue weighted by Gasteiger charge is 2.32. The van der Waals surface area contributed by atoms with Gasteiger partial charge in [-0.25, -0.2) is 9.97 Å². The maximum absolute atomic E-state index is 12.9. The smallest absolute Gasteiger partial charge is 0.237 e. The molecule has 0 saturated carbocycles. The number of halogens is 1. The second-order valence-electron chi connectivity index (χ2n) is 7.58. The van der Waals surface area contributed by atoms with Crippen molar-refractivity contribution in [2.24, 2.45) is 0 Å². The SMILES string of the molecule is CCO[C@@H](C(=O)C=Cc1ccc(Cl)s1)N1CCN(Cc2ccc3c(N)ncnc3c2)C(=O)C1. The van der Waals surface area contributed by atoms with Gasteiger partial charge in [0.1, 0.15) is 12.1 Å². The Morgan fingerprint density at radius 3 is 2.88 bits per heavy atom. The quantitative estimate of drug-likeness (QED) is 0.489. The van der Waals surface area contributed by atoms with Gasteiger partial charge in [-0.3, -0.25) is 14.5 Å². The number of carbonyl (C=O) groups excluding carboxylic acids is 2. The van der Waals surface area contributed by atoms with E-state index in [0.717, 1.165) is 21.3 Å². The second kappa shape index (κ2) is 10.4. The molecular weight excluding hydrogens is 462 g/mol. The average Bonchev–Trinajstić information content (AvgIpc) is 3.22. The first kappa shape index (κ1) is 23.3. The van der Waals surface area contributed by atoms with Gasteiger partial charge < -0.3 is 15.4 Å². The van der Waals surface area contributed by atoms with E-state index in [9.17, 15) is 9.59 Å². The molecule has 0 spiro atoms. The number of aromatic nitrogens is 2. The number of hydrogen-bond acceptors (Lipinski definition) is 8. The Balaban J connectivity index is 1.41. The zero-order valence-corrected chi connectivity index (χ0v) is 19.7. The number of ketones is 1. The first-order valence-corrected chi connectivity index (χ1v) is 11.7. The lowest BCUT2D eigenvalue weighted by molar-refractivity contribution is -0.152. The summed E-state index contributed by atoms with van der Waals surface area (Å²) in [6.07, 6.45) is 3.84. The standard InChI is InChI=1S/C23H24ClN5O3S/c1-2-32-23(19(30)7-4-16-5-8-20(24)33-16)29-10-9-28(21(31)13-29)12-15-3-6-17-18(11-15)26-14-27-22(17)25/h3-8,11,14,23H,2,9-10,12-13H2,1H3,(H2,25,26,27)/t23-/m0/s1. The van der Waals surface area contributed by atoms with E-state index in [2.05, 4.69) is 9.97 Å². The molecule has 1 amide bonds. The summed E-state index contributed by atoms with van der Waals surface area (Å²) in [7, 11) is 0. The van der Waals surface area contributed by atoms with Crippen LogP contribution >= 0.6 is 22.9 Å². The lowest BCUT2D eigenvalue weighted by Crippen LogP contribution is -2.55. The van der Waals surface area contributed by atoms with Crippen molar-refractivity contribution in [1.82, 2.24) is 19.8 Å². The molecule has 0 unspecified atom stereocenters. The fourth-order valence-corrected chi connectivity index (χ4v) is 4.69. The van der Waals surface area contributed by atoms with Gasteiger partial charge in [-0.05, 0) is 48.9 Å². The van der Waals surface area contributed by atoms with Crippen molar-refractivity contribution < 1.29 is 14.3 Å². The number of fused-ring (bicyclic) bond motifs is 1. The number of ether oxygens (including phenoxy) is 1. The number of hydrogen-bond donors (Lipinski definition) is 1. The summed E-state index contributed by atoms with van der Waals surface area (Å²) in [5.74, 6) is 0.170. The van der Waals surface area contributed by atoms with E-state index in [-0.39, 0.29) is 18.2 Å². The Morgan fingerprint density at radius 2 is 2.15 bits per heavy atom. The van der Waals surface area contributed by atoms with Crippen LogP contribution in [0.1, 0.15) is 17.4 Å². The van der Waals surface area contributed by atoms with Gasteiger partial charge in [0.25, 0.3) is 0 Å². The molecule has 1 aliphatic rings. The van der Waals surface area contributed by atoms with E-state index >= 15 is 0 Å². The number of nitrogens with zero attached hydrogens (tertiary/aromatic N) is 4. The van der Waals surface area contributed by atoms with Gasteiger partial charge in [0, 0.05) is 36.5 Å². The summed E-state index contributed by atoms with van der Waals surface area (Å²) >= 11 is 7.34. The van der Waals surface area contributed by atoms with Crippen molar-refractivity contribution in [2.75, 3.05) is 32.0 Å². The third-order valence-electron chi connectivity index (χ3n) is 5.36. The second-order valence-corrected chi connectivity index (χ2v) is 9.33. The van der Waals surface area contributed by atoms with Gasteiger partial charge in [0.15, 0.2) is 12.0 Å². The van der Waals surface area contributed by atoms with Crippen LogP contribution in [0.25, 0.3) is 17.0 Å². The highest BCUT2D eigenvalue weighted by molar-refractivity contribution is 7.17. The molecule has 4 rings (SSSR count). The number of anilines is 1. The summed E-state index contributed by atoms with van der Waals surface area (Å²) in [5.41, 5.74) is 7.59. The number of rotatable bonds is 8. The molecule has 1 aromatic carbocycles. The number of thiophene rings is 1. The third-order valence-corrected chi connectivity index (χ3v) is 6.56. The van der Waals surface area contributed by atoms with Crippen LogP contribution in [0, 0.1) is 0 Å². The molecule has 33 heavy (non-hydrogen) atoms. The fraction of sp³-hybridized carbons (Fsp3) is 0.304. The monoisotopic (exact) mass is 485 g/mol. The highest BCUT2D eigenvalue weighted by Crippen LogP contribution is 2.23. The van der Waals surface area contributed by atoms with Gasteiger partial charge in [-0.15, -0.1) is 11.3 Å². The summed E-state index contributed by atoms with van der Waals surface area (Å²) in [6.45, 7) is 3.78. The van der Waals surface area contributed by atoms with Crippen LogP contribution in [0.5, 0.6) is 0 Å². The third kappa shape index (κ3) is 5.56. The van der Waals surface area contributed by atoms with Crippen molar-refractivity contribution in [3.8, 4) is 0 Å². The molecule has 0 radical (unpaired) electrons. The summed E-state index contributed by atoms with van der Waals surface area (Å²) in [6, 6.07) is 9.35. The van der Waals surface area contributed by atoms with Crippen LogP contribution < -0.4 is 5.73 Å².